The highest BCUT2D eigenvalue weighted by Crippen LogP contribution is 2.39. The number of aryl methyl sites for hydroxylation is 1. The zero-order valence-corrected chi connectivity index (χ0v) is 27.8. The topological polar surface area (TPSA) is 140 Å². The number of likely N-dealkylation sites (tertiary alicyclic amines) is 1. The van der Waals surface area contributed by atoms with Crippen LogP contribution in [0.25, 0.3) is 17.3 Å². The lowest BCUT2D eigenvalue weighted by atomic mass is 10.0. The summed E-state index contributed by atoms with van der Waals surface area (Å²) in [5.74, 6) is 2.07. The van der Waals surface area contributed by atoms with E-state index >= 15 is 0 Å². The lowest BCUT2D eigenvalue weighted by molar-refractivity contribution is -0.137. The van der Waals surface area contributed by atoms with E-state index in [1.165, 1.54) is 23.4 Å². The number of hydrogen-bond acceptors (Lipinski definition) is 9. The molecular formula is C29H43N5O7SSi. The number of amides is 1. The van der Waals surface area contributed by atoms with Crippen LogP contribution >= 0.6 is 0 Å². The molecule has 1 N–H and O–H groups in total. The fourth-order valence-corrected chi connectivity index (χ4v) is 7.74. The van der Waals surface area contributed by atoms with Crippen LogP contribution in [0.2, 0.25) is 25.7 Å². The Bertz CT molecular complexity index is 1510. The lowest BCUT2D eigenvalue weighted by Gasteiger charge is -2.37. The Morgan fingerprint density at radius 3 is 2.37 bits per heavy atom. The Hall–Kier alpha value is -3.36. The number of nitrogens with zero attached hydrogens (tertiary/aromatic N) is 5. The van der Waals surface area contributed by atoms with Crippen LogP contribution in [0, 0.1) is 6.92 Å². The average Bonchev–Trinajstić information content (AvgIpc) is 3.58. The second kappa shape index (κ2) is 13.1. The molecule has 0 spiro atoms. The molecule has 2 aromatic heterocycles. The number of rotatable bonds is 13. The van der Waals surface area contributed by atoms with Gasteiger partial charge in [-0.3, -0.25) is 9.36 Å². The van der Waals surface area contributed by atoms with Crippen LogP contribution in [0.4, 0.5) is 5.95 Å². The van der Waals surface area contributed by atoms with Crippen molar-refractivity contribution < 1.29 is 32.2 Å². The summed E-state index contributed by atoms with van der Waals surface area (Å²) in [6.07, 6.45) is 1.63. The largest absolute Gasteiger partial charge is 0.494 e. The van der Waals surface area contributed by atoms with E-state index in [0.717, 1.165) is 0 Å². The van der Waals surface area contributed by atoms with Crippen molar-refractivity contribution in [1.82, 2.24) is 19.7 Å². The summed E-state index contributed by atoms with van der Waals surface area (Å²) in [5.41, 5.74) is 0.420. The third-order valence-corrected chi connectivity index (χ3v) is 11.5. The number of methoxy groups -OCH3 is 2. The maximum absolute atomic E-state index is 14.5. The van der Waals surface area contributed by atoms with Gasteiger partial charge >= 0.3 is 0 Å². The number of ether oxygens (including phenoxy) is 2. The van der Waals surface area contributed by atoms with Crippen molar-refractivity contribution in [3.05, 3.63) is 36.1 Å². The SMILES string of the molecule is COc1cccc(OC)c1-n1c(-c2ccc(C)o2)nnc1N(CC[Si](C)(C)C)S(=O)(=O)[C@@H](C)CN1C(=O)CCC[C@H]1CO. The van der Waals surface area contributed by atoms with Gasteiger partial charge < -0.3 is 23.9 Å². The van der Waals surface area contributed by atoms with Gasteiger partial charge in [-0.1, -0.05) is 25.7 Å². The number of piperidine rings is 1. The van der Waals surface area contributed by atoms with E-state index in [9.17, 15) is 18.3 Å². The van der Waals surface area contributed by atoms with Crippen molar-refractivity contribution in [2.24, 2.45) is 0 Å². The number of carbonyl (C=O) groups is 1. The molecule has 1 fully saturated rings. The third kappa shape index (κ3) is 6.91. The Morgan fingerprint density at radius 1 is 1.14 bits per heavy atom. The minimum Gasteiger partial charge on any atom is -0.494 e. The Balaban J connectivity index is 1.91. The fraction of sp³-hybridized carbons (Fsp3) is 0.552. The van der Waals surface area contributed by atoms with Gasteiger partial charge in [0.15, 0.2) is 5.76 Å². The summed E-state index contributed by atoms with van der Waals surface area (Å²) in [5, 5.41) is 17.8. The van der Waals surface area contributed by atoms with E-state index in [4.69, 9.17) is 13.9 Å². The Labute approximate surface area is 254 Å². The highest BCUT2D eigenvalue weighted by Gasteiger charge is 2.39. The third-order valence-electron chi connectivity index (χ3n) is 7.69. The van der Waals surface area contributed by atoms with Crippen LogP contribution in [0.5, 0.6) is 11.5 Å². The molecule has 236 valence electrons. The highest BCUT2D eigenvalue weighted by atomic mass is 32.2. The number of furan rings is 1. The van der Waals surface area contributed by atoms with Crippen LogP contribution in [0.1, 0.15) is 31.9 Å². The number of aromatic nitrogens is 3. The maximum Gasteiger partial charge on any atom is 0.246 e. The van der Waals surface area contributed by atoms with Gasteiger partial charge in [0, 0.05) is 27.6 Å². The van der Waals surface area contributed by atoms with Gasteiger partial charge in [0.2, 0.25) is 27.7 Å². The molecule has 1 amide bonds. The summed E-state index contributed by atoms with van der Waals surface area (Å²) in [4.78, 5) is 14.3. The number of sulfonamides is 1. The van der Waals surface area contributed by atoms with Crippen molar-refractivity contribution >= 4 is 30.0 Å². The second-order valence-electron chi connectivity index (χ2n) is 12.1. The fourth-order valence-electron chi connectivity index (χ4n) is 5.21. The number of benzene rings is 1. The average molecular weight is 634 g/mol. The molecule has 0 bridgehead atoms. The number of hydrogen-bond donors (Lipinski definition) is 1. The molecule has 14 heteroatoms. The van der Waals surface area contributed by atoms with Gasteiger partial charge in [0.1, 0.15) is 22.9 Å². The van der Waals surface area contributed by atoms with Crippen molar-refractivity contribution in [2.75, 3.05) is 38.2 Å². The predicted octanol–water partition coefficient (Wildman–Crippen LogP) is 4.09. The van der Waals surface area contributed by atoms with Gasteiger partial charge in [0.25, 0.3) is 0 Å². The quantitative estimate of drug-likeness (QED) is 0.276. The molecule has 1 saturated heterocycles. The van der Waals surface area contributed by atoms with Crippen molar-refractivity contribution in [3.8, 4) is 28.8 Å². The minimum atomic E-state index is -4.12. The van der Waals surface area contributed by atoms with E-state index in [0.29, 0.717) is 54.0 Å². The molecule has 0 saturated carbocycles. The standard InChI is InChI=1S/C29H43N5O7SSi/c1-20-14-15-25(41-20)28-30-31-29(34(28)27-23(39-3)11-9-12-24(27)40-4)33(16-17-43(5,6)7)42(37,38)21(2)18-32-22(19-35)10-8-13-26(32)36/h9,11-12,14-15,21-22,35H,8,10,13,16-19H2,1-7H3/t21-,22-/m0/s1. The molecule has 3 aromatic rings. The molecule has 1 aromatic carbocycles. The zero-order valence-electron chi connectivity index (χ0n) is 26.0. The number of aliphatic hydroxyl groups excluding tert-OH is 1. The Morgan fingerprint density at radius 2 is 1.81 bits per heavy atom. The van der Waals surface area contributed by atoms with Crippen molar-refractivity contribution in [2.45, 2.75) is 70.1 Å². The van der Waals surface area contributed by atoms with Gasteiger partial charge in [-0.25, -0.2) is 12.7 Å². The molecule has 0 radical (unpaired) electrons. The molecule has 2 atom stereocenters. The van der Waals surface area contributed by atoms with Gasteiger partial charge in [0.05, 0.1) is 32.1 Å². The zero-order chi connectivity index (χ0) is 31.5. The highest BCUT2D eigenvalue weighted by molar-refractivity contribution is 7.93. The van der Waals surface area contributed by atoms with E-state index in [2.05, 4.69) is 29.8 Å². The summed E-state index contributed by atoms with van der Waals surface area (Å²) in [6.45, 7) is 9.81. The molecule has 1 aliphatic rings. The molecule has 0 unspecified atom stereocenters. The van der Waals surface area contributed by atoms with Crippen LogP contribution in [-0.4, -0.2) is 92.4 Å². The molecule has 4 rings (SSSR count). The summed E-state index contributed by atoms with van der Waals surface area (Å²) >= 11 is 0. The van der Waals surface area contributed by atoms with Crippen LogP contribution in [-0.2, 0) is 14.8 Å². The second-order valence-corrected chi connectivity index (χ2v) is 20.0. The summed E-state index contributed by atoms with van der Waals surface area (Å²) in [7, 11) is -2.83. The van der Waals surface area contributed by atoms with E-state index in [1.54, 1.807) is 41.8 Å². The first-order chi connectivity index (χ1) is 20.3. The molecule has 1 aliphatic heterocycles. The predicted molar refractivity (Wildman–Crippen MR) is 167 cm³/mol. The summed E-state index contributed by atoms with van der Waals surface area (Å²) < 4.78 is 49.3. The van der Waals surface area contributed by atoms with E-state index in [-0.39, 0.29) is 37.4 Å². The van der Waals surface area contributed by atoms with E-state index < -0.39 is 29.4 Å². The van der Waals surface area contributed by atoms with Gasteiger partial charge in [-0.05, 0) is 57.0 Å². The molecule has 43 heavy (non-hydrogen) atoms. The molecular weight excluding hydrogens is 591 g/mol. The first kappa shape index (κ1) is 32.5. The smallest absolute Gasteiger partial charge is 0.246 e. The van der Waals surface area contributed by atoms with Crippen LogP contribution in [0.3, 0.4) is 0 Å². The van der Waals surface area contributed by atoms with Crippen molar-refractivity contribution in [3.63, 3.8) is 0 Å². The Kier molecular flexibility index (Phi) is 9.92. The maximum atomic E-state index is 14.5. The van der Waals surface area contributed by atoms with Crippen molar-refractivity contribution in [1.29, 1.82) is 0 Å². The van der Waals surface area contributed by atoms with E-state index in [1.807, 2.05) is 6.92 Å². The van der Waals surface area contributed by atoms with Crippen LogP contribution < -0.4 is 13.8 Å². The number of para-hydroxylation sites is 1. The molecule has 0 aliphatic carbocycles. The minimum absolute atomic E-state index is 0.0494. The monoisotopic (exact) mass is 633 g/mol. The first-order valence-electron chi connectivity index (χ1n) is 14.5. The number of carbonyl (C=O) groups excluding carboxylic acids is 1. The number of anilines is 1. The molecule has 12 nitrogen and oxygen atoms in total. The summed E-state index contributed by atoms with van der Waals surface area (Å²) in [6, 6.07) is 9.05. The van der Waals surface area contributed by atoms with Crippen LogP contribution in [0.15, 0.2) is 34.7 Å². The lowest BCUT2D eigenvalue weighted by Crippen LogP contribution is -2.52. The molecule has 3 heterocycles. The van der Waals surface area contributed by atoms with Gasteiger partial charge in [-0.2, -0.15) is 0 Å². The van der Waals surface area contributed by atoms with Gasteiger partial charge in [-0.15, -0.1) is 10.2 Å². The number of aliphatic hydroxyl groups is 1. The first-order valence-corrected chi connectivity index (χ1v) is 19.7. The normalized spacial score (nSPS) is 16.8.